The van der Waals surface area contributed by atoms with Crippen molar-refractivity contribution in [2.75, 3.05) is 6.54 Å². The number of hydrogen-bond acceptors (Lipinski definition) is 4. The first-order valence-corrected chi connectivity index (χ1v) is 5.68. The summed E-state index contributed by atoms with van der Waals surface area (Å²) in [6.45, 7) is 6.82. The van der Waals surface area contributed by atoms with Crippen molar-refractivity contribution in [1.29, 1.82) is 0 Å². The topological polar surface area (TPSA) is 85.8 Å². The summed E-state index contributed by atoms with van der Waals surface area (Å²) in [7, 11) is 1.67. The fourth-order valence-electron chi connectivity index (χ4n) is 1.62. The average Bonchev–Trinajstić information content (AvgIpc) is 2.58. The average molecular weight is 239 g/mol. The fourth-order valence-corrected chi connectivity index (χ4v) is 1.62. The molecule has 0 fully saturated rings. The Morgan fingerprint density at radius 1 is 1.59 bits per heavy atom. The third kappa shape index (κ3) is 4.95. The first-order chi connectivity index (χ1) is 7.78. The molecule has 96 valence electrons. The molecule has 6 heteroatoms. The molecule has 1 rings (SSSR count). The van der Waals surface area contributed by atoms with Crippen LogP contribution in [0.5, 0.6) is 0 Å². The Morgan fingerprint density at radius 3 is 2.71 bits per heavy atom. The molecule has 1 unspecified atom stereocenters. The number of carbonyl (C=O) groups excluding carboxylic acids is 1. The highest BCUT2D eigenvalue weighted by Crippen LogP contribution is 2.19. The van der Waals surface area contributed by atoms with Crippen LogP contribution in [0.15, 0.2) is 6.20 Å². The van der Waals surface area contributed by atoms with Crippen molar-refractivity contribution < 1.29 is 4.79 Å². The van der Waals surface area contributed by atoms with Crippen molar-refractivity contribution in [1.82, 2.24) is 20.3 Å². The zero-order valence-corrected chi connectivity index (χ0v) is 10.9. The van der Waals surface area contributed by atoms with E-state index in [1.54, 1.807) is 7.05 Å². The van der Waals surface area contributed by atoms with Crippen LogP contribution in [-0.4, -0.2) is 33.5 Å². The van der Waals surface area contributed by atoms with Crippen LogP contribution in [0, 0.1) is 5.41 Å². The molecule has 0 saturated heterocycles. The molecule has 0 radical (unpaired) electrons. The molecule has 0 bridgehead atoms. The van der Waals surface area contributed by atoms with Crippen LogP contribution in [0.3, 0.4) is 0 Å². The number of aryl methyl sites for hydroxylation is 1. The molecule has 0 saturated carbocycles. The summed E-state index contributed by atoms with van der Waals surface area (Å²) in [6.07, 6.45) is 2.29. The monoisotopic (exact) mass is 239 g/mol. The molecule has 0 aliphatic rings. The number of aromatic nitrogens is 3. The summed E-state index contributed by atoms with van der Waals surface area (Å²) in [5, 5.41) is 10.5. The maximum Gasteiger partial charge on any atom is 0.273 e. The third-order valence-corrected chi connectivity index (χ3v) is 2.23. The fraction of sp³-hybridized carbons (Fsp3) is 0.727. The van der Waals surface area contributed by atoms with Crippen LogP contribution in [0.2, 0.25) is 0 Å². The number of amides is 1. The molecule has 1 heterocycles. The van der Waals surface area contributed by atoms with Crippen LogP contribution >= 0.6 is 0 Å². The van der Waals surface area contributed by atoms with Gasteiger partial charge < -0.3 is 11.1 Å². The quantitative estimate of drug-likeness (QED) is 0.791. The van der Waals surface area contributed by atoms with Crippen molar-refractivity contribution in [2.24, 2.45) is 18.2 Å². The molecule has 1 aromatic heterocycles. The highest BCUT2D eigenvalue weighted by molar-refractivity contribution is 5.91. The Labute approximate surface area is 102 Å². The van der Waals surface area contributed by atoms with E-state index in [1.807, 2.05) is 0 Å². The van der Waals surface area contributed by atoms with Crippen LogP contribution in [0.25, 0.3) is 0 Å². The molecule has 6 nitrogen and oxygen atoms in total. The maximum atomic E-state index is 11.6. The lowest BCUT2D eigenvalue weighted by Gasteiger charge is -2.23. The molecule has 1 amide bonds. The standard InChI is InChI=1S/C11H21N5O/c1-11(2,3)5-8(12)6-13-10(17)9-7-14-16(4)15-9/h7-8H,5-6,12H2,1-4H3,(H,13,17). The third-order valence-electron chi connectivity index (χ3n) is 2.23. The maximum absolute atomic E-state index is 11.6. The van der Waals surface area contributed by atoms with Crippen molar-refractivity contribution in [3.8, 4) is 0 Å². The summed E-state index contributed by atoms with van der Waals surface area (Å²) in [6, 6.07) is -0.0457. The van der Waals surface area contributed by atoms with Crippen LogP contribution in [-0.2, 0) is 7.05 Å². The largest absolute Gasteiger partial charge is 0.349 e. The normalized spacial score (nSPS) is 13.5. The van der Waals surface area contributed by atoms with Crippen molar-refractivity contribution in [3.05, 3.63) is 11.9 Å². The van der Waals surface area contributed by atoms with Gasteiger partial charge in [0.15, 0.2) is 5.69 Å². The van der Waals surface area contributed by atoms with Gasteiger partial charge in [0.2, 0.25) is 0 Å². The molecule has 0 aliphatic heterocycles. The molecular formula is C11H21N5O. The molecule has 0 spiro atoms. The molecule has 1 atom stereocenters. The van der Waals surface area contributed by atoms with Gasteiger partial charge in [0.05, 0.1) is 6.20 Å². The van der Waals surface area contributed by atoms with Crippen LogP contribution in [0.4, 0.5) is 0 Å². The van der Waals surface area contributed by atoms with Gasteiger partial charge in [-0.25, -0.2) is 0 Å². The van der Waals surface area contributed by atoms with Gasteiger partial charge in [-0.3, -0.25) is 4.79 Å². The van der Waals surface area contributed by atoms with Gasteiger partial charge in [-0.1, -0.05) is 20.8 Å². The first kappa shape index (κ1) is 13.6. The molecule has 0 aliphatic carbocycles. The number of carbonyl (C=O) groups is 1. The molecular weight excluding hydrogens is 218 g/mol. The number of hydrogen-bond donors (Lipinski definition) is 2. The Bertz CT molecular complexity index is 379. The Hall–Kier alpha value is -1.43. The highest BCUT2D eigenvalue weighted by Gasteiger charge is 2.17. The predicted octanol–water partition coefficient (Wildman–Crippen LogP) is 0.308. The second-order valence-corrected chi connectivity index (χ2v) is 5.45. The summed E-state index contributed by atoms with van der Waals surface area (Å²) in [5.74, 6) is -0.234. The zero-order chi connectivity index (χ0) is 13.1. The van der Waals surface area contributed by atoms with E-state index < -0.39 is 0 Å². The lowest BCUT2D eigenvalue weighted by molar-refractivity contribution is 0.0943. The second kappa shape index (κ2) is 5.27. The molecule has 0 aromatic carbocycles. The lowest BCUT2D eigenvalue weighted by Crippen LogP contribution is -2.39. The van der Waals surface area contributed by atoms with Crippen molar-refractivity contribution >= 4 is 5.91 Å². The van der Waals surface area contributed by atoms with Gasteiger partial charge in [-0.15, -0.1) is 5.10 Å². The van der Waals surface area contributed by atoms with Gasteiger partial charge in [0, 0.05) is 19.6 Å². The SMILES string of the molecule is Cn1ncc(C(=O)NCC(N)CC(C)(C)C)n1. The highest BCUT2D eigenvalue weighted by atomic mass is 16.2. The van der Waals surface area contributed by atoms with E-state index in [-0.39, 0.29) is 17.4 Å². The van der Waals surface area contributed by atoms with Gasteiger partial charge in [-0.05, 0) is 11.8 Å². The zero-order valence-electron chi connectivity index (χ0n) is 10.9. The summed E-state index contributed by atoms with van der Waals surface area (Å²) in [4.78, 5) is 13.0. The Kier molecular flexibility index (Phi) is 4.22. The number of nitrogens with zero attached hydrogens (tertiary/aromatic N) is 3. The van der Waals surface area contributed by atoms with Crippen molar-refractivity contribution in [2.45, 2.75) is 33.2 Å². The smallest absolute Gasteiger partial charge is 0.273 e. The summed E-state index contributed by atoms with van der Waals surface area (Å²) in [5.41, 5.74) is 6.41. The van der Waals surface area contributed by atoms with Gasteiger partial charge in [0.25, 0.3) is 5.91 Å². The van der Waals surface area contributed by atoms with Gasteiger partial charge >= 0.3 is 0 Å². The van der Waals surface area contributed by atoms with Gasteiger partial charge in [-0.2, -0.15) is 9.90 Å². The van der Waals surface area contributed by atoms with E-state index in [2.05, 4.69) is 36.3 Å². The molecule has 1 aromatic rings. The minimum atomic E-state index is -0.234. The van der Waals surface area contributed by atoms with Crippen LogP contribution < -0.4 is 11.1 Å². The van der Waals surface area contributed by atoms with Crippen molar-refractivity contribution in [3.63, 3.8) is 0 Å². The number of nitrogens with two attached hydrogens (primary N) is 1. The van der Waals surface area contributed by atoms with E-state index in [0.29, 0.717) is 12.2 Å². The van der Waals surface area contributed by atoms with Gasteiger partial charge in [0.1, 0.15) is 0 Å². The number of rotatable bonds is 4. The second-order valence-electron chi connectivity index (χ2n) is 5.45. The predicted molar refractivity (Wildman–Crippen MR) is 65.4 cm³/mol. The molecule has 17 heavy (non-hydrogen) atoms. The van der Waals surface area contributed by atoms with E-state index in [1.165, 1.54) is 11.0 Å². The lowest BCUT2D eigenvalue weighted by atomic mass is 9.88. The Morgan fingerprint density at radius 2 is 2.24 bits per heavy atom. The van der Waals surface area contributed by atoms with E-state index in [4.69, 9.17) is 5.73 Å². The minimum absolute atomic E-state index is 0.0457. The first-order valence-electron chi connectivity index (χ1n) is 5.68. The van der Waals surface area contributed by atoms with E-state index >= 15 is 0 Å². The van der Waals surface area contributed by atoms with E-state index in [0.717, 1.165) is 6.42 Å². The summed E-state index contributed by atoms with van der Waals surface area (Å²) < 4.78 is 0. The number of nitrogens with one attached hydrogen (secondary N) is 1. The summed E-state index contributed by atoms with van der Waals surface area (Å²) >= 11 is 0. The molecule has 3 N–H and O–H groups in total. The minimum Gasteiger partial charge on any atom is -0.349 e. The van der Waals surface area contributed by atoms with E-state index in [9.17, 15) is 4.79 Å². The Balaban J connectivity index is 2.38. The van der Waals surface area contributed by atoms with Crippen LogP contribution in [0.1, 0.15) is 37.7 Å².